The van der Waals surface area contributed by atoms with Crippen molar-refractivity contribution >= 4 is 21.9 Å². The van der Waals surface area contributed by atoms with E-state index < -0.39 is 10.0 Å². The number of allylic oxidation sites excluding steroid dienone is 1. The zero-order valence-electron chi connectivity index (χ0n) is 15.0. The van der Waals surface area contributed by atoms with E-state index >= 15 is 0 Å². The van der Waals surface area contributed by atoms with Crippen molar-refractivity contribution < 1.29 is 22.7 Å². The van der Waals surface area contributed by atoms with Gasteiger partial charge in [-0.3, -0.25) is 4.79 Å². The van der Waals surface area contributed by atoms with Crippen LogP contribution >= 0.6 is 0 Å². The zero-order valence-corrected chi connectivity index (χ0v) is 15.8. The number of ether oxygens (including phenoxy) is 2. The molecule has 1 aliphatic heterocycles. The maximum atomic E-state index is 12.6. The lowest BCUT2D eigenvalue weighted by atomic mass is 10.1. The second-order valence-electron chi connectivity index (χ2n) is 6.02. The minimum Gasteiger partial charge on any atom is -0.497 e. The third-order valence-corrected chi connectivity index (χ3v) is 6.18. The fourth-order valence-corrected chi connectivity index (χ4v) is 4.15. The van der Waals surface area contributed by atoms with Crippen LogP contribution in [0.5, 0.6) is 5.75 Å². The summed E-state index contributed by atoms with van der Waals surface area (Å²) in [5.74, 6) is 0.510. The van der Waals surface area contributed by atoms with Crippen molar-refractivity contribution in [3.8, 4) is 5.75 Å². The minimum atomic E-state index is -3.56. The number of ketones is 1. The molecule has 0 unspecified atom stereocenters. The molecule has 0 saturated carbocycles. The highest BCUT2D eigenvalue weighted by molar-refractivity contribution is 7.89. The Bertz CT molecular complexity index is 929. The van der Waals surface area contributed by atoms with Crippen LogP contribution in [0.3, 0.4) is 0 Å². The number of rotatable bonds is 6. The molecule has 6 nitrogen and oxygen atoms in total. The molecule has 27 heavy (non-hydrogen) atoms. The molecule has 0 atom stereocenters. The number of carbonyl (C=O) groups excluding carboxylic acids is 1. The zero-order chi connectivity index (χ0) is 19.3. The molecule has 1 saturated heterocycles. The average molecular weight is 387 g/mol. The van der Waals surface area contributed by atoms with Crippen LogP contribution in [0.4, 0.5) is 0 Å². The van der Waals surface area contributed by atoms with Crippen molar-refractivity contribution in [2.24, 2.45) is 0 Å². The van der Waals surface area contributed by atoms with Gasteiger partial charge in [-0.15, -0.1) is 0 Å². The van der Waals surface area contributed by atoms with Gasteiger partial charge in [0.25, 0.3) is 0 Å². The second-order valence-corrected chi connectivity index (χ2v) is 7.95. The van der Waals surface area contributed by atoms with Gasteiger partial charge in [-0.25, -0.2) is 8.42 Å². The normalized spacial score (nSPS) is 15.7. The van der Waals surface area contributed by atoms with E-state index in [4.69, 9.17) is 9.47 Å². The van der Waals surface area contributed by atoms with Crippen LogP contribution < -0.4 is 4.74 Å². The van der Waals surface area contributed by atoms with Crippen molar-refractivity contribution in [1.82, 2.24) is 4.31 Å². The van der Waals surface area contributed by atoms with Gasteiger partial charge in [0.15, 0.2) is 5.78 Å². The Morgan fingerprint density at radius 2 is 1.81 bits per heavy atom. The lowest BCUT2D eigenvalue weighted by Gasteiger charge is -2.26. The Kier molecular flexibility index (Phi) is 6.05. The summed E-state index contributed by atoms with van der Waals surface area (Å²) in [6.45, 7) is 1.47. The Morgan fingerprint density at radius 1 is 1.11 bits per heavy atom. The van der Waals surface area contributed by atoms with Crippen LogP contribution in [0.2, 0.25) is 0 Å². The maximum Gasteiger partial charge on any atom is 0.243 e. The summed E-state index contributed by atoms with van der Waals surface area (Å²) in [5.41, 5.74) is 1.27. The van der Waals surface area contributed by atoms with Gasteiger partial charge in [0, 0.05) is 18.7 Å². The first-order valence-electron chi connectivity index (χ1n) is 8.55. The molecule has 3 rings (SSSR count). The number of carbonyl (C=O) groups is 1. The molecule has 2 aromatic carbocycles. The van der Waals surface area contributed by atoms with E-state index in [1.807, 2.05) is 24.3 Å². The van der Waals surface area contributed by atoms with Crippen molar-refractivity contribution in [2.45, 2.75) is 4.90 Å². The number of benzene rings is 2. The van der Waals surface area contributed by atoms with Crippen molar-refractivity contribution in [1.29, 1.82) is 0 Å². The first-order chi connectivity index (χ1) is 13.0. The highest BCUT2D eigenvalue weighted by atomic mass is 32.2. The molecule has 7 heteroatoms. The van der Waals surface area contributed by atoms with Crippen LogP contribution in [0.15, 0.2) is 59.5 Å². The highest BCUT2D eigenvalue weighted by Crippen LogP contribution is 2.19. The molecule has 0 aromatic heterocycles. The van der Waals surface area contributed by atoms with Gasteiger partial charge in [0.05, 0.1) is 25.2 Å². The molecule has 0 amide bonds. The van der Waals surface area contributed by atoms with Crippen LogP contribution in [-0.4, -0.2) is 51.9 Å². The molecule has 0 bridgehead atoms. The van der Waals surface area contributed by atoms with Crippen LogP contribution in [-0.2, 0) is 14.8 Å². The van der Waals surface area contributed by atoms with E-state index in [0.29, 0.717) is 37.6 Å². The molecule has 1 aliphatic rings. The van der Waals surface area contributed by atoms with Gasteiger partial charge in [0.2, 0.25) is 10.0 Å². The van der Waals surface area contributed by atoms with E-state index in [0.717, 1.165) is 5.56 Å². The summed E-state index contributed by atoms with van der Waals surface area (Å²) in [4.78, 5) is 12.5. The predicted octanol–water partition coefficient (Wildman–Crippen LogP) is 2.61. The molecule has 1 heterocycles. The number of nitrogens with zero attached hydrogens (tertiary/aromatic N) is 1. The minimum absolute atomic E-state index is 0.178. The summed E-state index contributed by atoms with van der Waals surface area (Å²) in [6.07, 6.45) is 3.16. The quantitative estimate of drug-likeness (QED) is 0.563. The molecular formula is C20H21NO5S. The average Bonchev–Trinajstić information content (AvgIpc) is 2.73. The van der Waals surface area contributed by atoms with Crippen LogP contribution in [0, 0.1) is 0 Å². The molecular weight excluding hydrogens is 366 g/mol. The number of hydrogen-bond acceptors (Lipinski definition) is 5. The predicted molar refractivity (Wildman–Crippen MR) is 102 cm³/mol. The summed E-state index contributed by atoms with van der Waals surface area (Å²) in [7, 11) is -1.97. The van der Waals surface area contributed by atoms with Crippen LogP contribution in [0.1, 0.15) is 15.9 Å². The van der Waals surface area contributed by atoms with Gasteiger partial charge in [-0.2, -0.15) is 4.31 Å². The van der Waals surface area contributed by atoms with E-state index in [-0.39, 0.29) is 10.7 Å². The van der Waals surface area contributed by atoms with E-state index in [1.165, 1.54) is 34.6 Å². The summed E-state index contributed by atoms with van der Waals surface area (Å²) in [6, 6.07) is 13.4. The monoisotopic (exact) mass is 387 g/mol. The van der Waals surface area contributed by atoms with Gasteiger partial charge < -0.3 is 9.47 Å². The van der Waals surface area contributed by atoms with E-state index in [1.54, 1.807) is 13.2 Å². The fraction of sp³-hybridized carbons (Fsp3) is 0.250. The largest absolute Gasteiger partial charge is 0.497 e. The molecule has 0 spiro atoms. The Labute approximate surface area is 159 Å². The molecule has 142 valence electrons. The fourth-order valence-electron chi connectivity index (χ4n) is 2.74. The SMILES string of the molecule is COc1cccc(/C=C/C(=O)c2ccc(S(=O)(=O)N3CCOCC3)cc2)c1. The van der Waals surface area contributed by atoms with Gasteiger partial charge in [-0.05, 0) is 48.0 Å². The van der Waals surface area contributed by atoms with Crippen LogP contribution in [0.25, 0.3) is 6.08 Å². The van der Waals surface area contributed by atoms with E-state index in [2.05, 4.69) is 0 Å². The van der Waals surface area contributed by atoms with Crippen molar-refractivity contribution in [3.63, 3.8) is 0 Å². The van der Waals surface area contributed by atoms with E-state index in [9.17, 15) is 13.2 Å². The van der Waals surface area contributed by atoms with Gasteiger partial charge >= 0.3 is 0 Å². The third kappa shape index (κ3) is 4.63. The molecule has 2 aromatic rings. The smallest absolute Gasteiger partial charge is 0.243 e. The Morgan fingerprint density at radius 3 is 2.48 bits per heavy atom. The summed E-state index contributed by atoms with van der Waals surface area (Å²) < 4.78 is 36.9. The topological polar surface area (TPSA) is 72.9 Å². The van der Waals surface area contributed by atoms with Crippen molar-refractivity contribution in [3.05, 3.63) is 65.7 Å². The standard InChI is InChI=1S/C20H21NO5S/c1-25-18-4-2-3-16(15-18)5-10-20(22)17-6-8-19(9-7-17)27(23,24)21-11-13-26-14-12-21/h2-10,15H,11-14H2,1H3/b10-5+. The first kappa shape index (κ1) is 19.3. The molecule has 1 fully saturated rings. The van der Waals surface area contributed by atoms with Gasteiger partial charge in [-0.1, -0.05) is 18.2 Å². The third-order valence-electron chi connectivity index (χ3n) is 4.27. The Hall–Kier alpha value is -2.48. The lowest BCUT2D eigenvalue weighted by Crippen LogP contribution is -2.40. The summed E-state index contributed by atoms with van der Waals surface area (Å²) in [5, 5.41) is 0. The summed E-state index contributed by atoms with van der Waals surface area (Å²) >= 11 is 0. The second kappa shape index (κ2) is 8.47. The maximum absolute atomic E-state index is 12.6. The number of methoxy groups -OCH3 is 1. The highest BCUT2D eigenvalue weighted by Gasteiger charge is 2.26. The Balaban J connectivity index is 1.72. The molecule has 0 aliphatic carbocycles. The lowest BCUT2D eigenvalue weighted by molar-refractivity contribution is 0.0730. The molecule has 0 N–H and O–H groups in total. The van der Waals surface area contributed by atoms with Crippen molar-refractivity contribution in [2.75, 3.05) is 33.4 Å². The number of sulfonamides is 1. The molecule has 0 radical (unpaired) electrons. The number of hydrogen-bond donors (Lipinski definition) is 0. The first-order valence-corrected chi connectivity index (χ1v) is 9.99. The van der Waals surface area contributed by atoms with Gasteiger partial charge in [0.1, 0.15) is 5.75 Å². The number of morpholine rings is 1.